The van der Waals surface area contributed by atoms with Gasteiger partial charge >= 0.3 is 0 Å². The molecule has 1 rings (SSSR count). The molecule has 0 saturated carbocycles. The lowest BCUT2D eigenvalue weighted by Crippen LogP contribution is -2.22. The standard InChI is InChI=1S/C11H19N3/c1-3-10(12)7-8-13-11-6-4-5-9(2)14-11/h4-6,10H,3,7-8,12H2,1-2H3,(H,13,14). The predicted molar refractivity (Wildman–Crippen MR) is 60.3 cm³/mol. The number of hydrogen-bond donors (Lipinski definition) is 2. The molecule has 0 radical (unpaired) electrons. The minimum Gasteiger partial charge on any atom is -0.370 e. The molecule has 1 heterocycles. The number of aryl methyl sites for hydroxylation is 1. The smallest absolute Gasteiger partial charge is 0.126 e. The highest BCUT2D eigenvalue weighted by molar-refractivity contribution is 5.34. The molecule has 0 fully saturated rings. The van der Waals surface area contributed by atoms with E-state index in [9.17, 15) is 0 Å². The van der Waals surface area contributed by atoms with Crippen LogP contribution in [-0.2, 0) is 0 Å². The van der Waals surface area contributed by atoms with Gasteiger partial charge in [0.05, 0.1) is 0 Å². The third kappa shape index (κ3) is 3.75. The van der Waals surface area contributed by atoms with Crippen LogP contribution in [0.5, 0.6) is 0 Å². The highest BCUT2D eigenvalue weighted by atomic mass is 15.0. The fourth-order valence-corrected chi connectivity index (χ4v) is 1.23. The predicted octanol–water partition coefficient (Wildman–Crippen LogP) is 1.93. The fraction of sp³-hybridized carbons (Fsp3) is 0.545. The van der Waals surface area contributed by atoms with E-state index < -0.39 is 0 Å². The Morgan fingerprint density at radius 2 is 2.29 bits per heavy atom. The van der Waals surface area contributed by atoms with Crippen LogP contribution in [0.25, 0.3) is 0 Å². The average molecular weight is 193 g/mol. The first-order valence-electron chi connectivity index (χ1n) is 5.15. The van der Waals surface area contributed by atoms with E-state index in [0.717, 1.165) is 30.9 Å². The third-order valence-corrected chi connectivity index (χ3v) is 2.23. The van der Waals surface area contributed by atoms with Crippen molar-refractivity contribution >= 4 is 5.82 Å². The van der Waals surface area contributed by atoms with E-state index in [-0.39, 0.29) is 0 Å². The zero-order valence-corrected chi connectivity index (χ0v) is 8.96. The summed E-state index contributed by atoms with van der Waals surface area (Å²) in [6.07, 6.45) is 2.02. The van der Waals surface area contributed by atoms with Gasteiger partial charge in [-0.2, -0.15) is 0 Å². The topological polar surface area (TPSA) is 50.9 Å². The molecule has 0 spiro atoms. The minimum atomic E-state index is 0.298. The maximum absolute atomic E-state index is 5.81. The molecule has 1 aromatic heterocycles. The van der Waals surface area contributed by atoms with Crippen molar-refractivity contribution in [1.82, 2.24) is 4.98 Å². The monoisotopic (exact) mass is 193 g/mol. The van der Waals surface area contributed by atoms with Gasteiger partial charge in [-0.1, -0.05) is 13.0 Å². The molecule has 3 nitrogen and oxygen atoms in total. The van der Waals surface area contributed by atoms with E-state index in [1.165, 1.54) is 0 Å². The summed E-state index contributed by atoms with van der Waals surface area (Å²) in [6.45, 7) is 4.99. The molecule has 1 unspecified atom stereocenters. The Morgan fingerprint density at radius 1 is 1.50 bits per heavy atom. The van der Waals surface area contributed by atoms with Gasteiger partial charge in [-0.15, -0.1) is 0 Å². The maximum atomic E-state index is 5.81. The first-order valence-corrected chi connectivity index (χ1v) is 5.15. The summed E-state index contributed by atoms with van der Waals surface area (Å²) in [4.78, 5) is 4.34. The number of aromatic nitrogens is 1. The van der Waals surface area contributed by atoms with Gasteiger partial charge in [-0.3, -0.25) is 0 Å². The summed E-state index contributed by atoms with van der Waals surface area (Å²) in [6, 6.07) is 6.27. The van der Waals surface area contributed by atoms with Crippen molar-refractivity contribution in [3.8, 4) is 0 Å². The number of hydrogen-bond acceptors (Lipinski definition) is 3. The van der Waals surface area contributed by atoms with Crippen LogP contribution in [0.3, 0.4) is 0 Å². The Labute approximate surface area is 85.7 Å². The van der Waals surface area contributed by atoms with Crippen LogP contribution in [0, 0.1) is 6.92 Å². The van der Waals surface area contributed by atoms with Crippen LogP contribution in [0.15, 0.2) is 18.2 Å². The molecule has 1 atom stereocenters. The number of nitrogens with one attached hydrogen (secondary N) is 1. The molecule has 3 heteroatoms. The minimum absolute atomic E-state index is 0.298. The van der Waals surface area contributed by atoms with E-state index in [4.69, 9.17) is 5.73 Å². The highest BCUT2D eigenvalue weighted by Crippen LogP contribution is 2.04. The van der Waals surface area contributed by atoms with E-state index in [1.807, 2.05) is 25.1 Å². The first kappa shape index (κ1) is 11.0. The van der Waals surface area contributed by atoms with Gasteiger partial charge in [-0.25, -0.2) is 4.98 Å². The molecule has 0 bridgehead atoms. The van der Waals surface area contributed by atoms with Crippen LogP contribution < -0.4 is 11.1 Å². The maximum Gasteiger partial charge on any atom is 0.126 e. The zero-order valence-electron chi connectivity index (χ0n) is 8.96. The molecule has 0 amide bonds. The van der Waals surface area contributed by atoms with Gasteiger partial charge in [0.25, 0.3) is 0 Å². The molecule has 0 aromatic carbocycles. The normalized spacial score (nSPS) is 12.5. The Kier molecular flexibility index (Phi) is 4.40. The van der Waals surface area contributed by atoms with Crippen molar-refractivity contribution in [3.05, 3.63) is 23.9 Å². The lowest BCUT2D eigenvalue weighted by atomic mass is 10.2. The molecule has 0 aliphatic carbocycles. The number of rotatable bonds is 5. The fourth-order valence-electron chi connectivity index (χ4n) is 1.23. The van der Waals surface area contributed by atoms with Gasteiger partial charge in [-0.05, 0) is 31.9 Å². The Hall–Kier alpha value is -1.09. The third-order valence-electron chi connectivity index (χ3n) is 2.23. The van der Waals surface area contributed by atoms with Gasteiger partial charge in [0.15, 0.2) is 0 Å². The summed E-state index contributed by atoms with van der Waals surface area (Å²) >= 11 is 0. The molecule has 14 heavy (non-hydrogen) atoms. The number of nitrogens with zero attached hydrogens (tertiary/aromatic N) is 1. The van der Waals surface area contributed by atoms with Crippen molar-refractivity contribution < 1.29 is 0 Å². The average Bonchev–Trinajstić information content (AvgIpc) is 2.17. The molecule has 78 valence electrons. The quantitative estimate of drug-likeness (QED) is 0.751. The molecular formula is C11H19N3. The van der Waals surface area contributed by atoms with Crippen molar-refractivity contribution in [2.75, 3.05) is 11.9 Å². The summed E-state index contributed by atoms with van der Waals surface area (Å²) in [5.74, 6) is 0.938. The second-order valence-corrected chi connectivity index (χ2v) is 3.55. The van der Waals surface area contributed by atoms with Crippen molar-refractivity contribution in [1.29, 1.82) is 0 Å². The van der Waals surface area contributed by atoms with Crippen LogP contribution in [0.4, 0.5) is 5.82 Å². The number of anilines is 1. The Bertz CT molecular complexity index is 273. The molecule has 0 aliphatic rings. The van der Waals surface area contributed by atoms with E-state index in [2.05, 4.69) is 17.2 Å². The van der Waals surface area contributed by atoms with Gasteiger partial charge in [0.2, 0.25) is 0 Å². The first-order chi connectivity index (χ1) is 6.72. The summed E-state index contributed by atoms with van der Waals surface area (Å²) in [5.41, 5.74) is 6.84. The van der Waals surface area contributed by atoms with E-state index in [1.54, 1.807) is 0 Å². The van der Waals surface area contributed by atoms with E-state index >= 15 is 0 Å². The second-order valence-electron chi connectivity index (χ2n) is 3.55. The molecule has 0 saturated heterocycles. The summed E-state index contributed by atoms with van der Waals surface area (Å²) in [5, 5.41) is 3.26. The van der Waals surface area contributed by atoms with Gasteiger partial charge < -0.3 is 11.1 Å². The second kappa shape index (κ2) is 5.60. The molecule has 0 aliphatic heterocycles. The Balaban J connectivity index is 2.31. The molecule has 3 N–H and O–H groups in total. The van der Waals surface area contributed by atoms with Crippen molar-refractivity contribution in [3.63, 3.8) is 0 Å². The van der Waals surface area contributed by atoms with Crippen molar-refractivity contribution in [2.45, 2.75) is 32.7 Å². The number of nitrogens with two attached hydrogens (primary N) is 1. The van der Waals surface area contributed by atoms with Gasteiger partial charge in [0, 0.05) is 18.3 Å². The van der Waals surface area contributed by atoms with Crippen LogP contribution in [0.1, 0.15) is 25.5 Å². The highest BCUT2D eigenvalue weighted by Gasteiger charge is 1.98. The summed E-state index contributed by atoms with van der Waals surface area (Å²) in [7, 11) is 0. The lowest BCUT2D eigenvalue weighted by molar-refractivity contribution is 0.613. The SMILES string of the molecule is CCC(N)CCNc1cccc(C)n1. The van der Waals surface area contributed by atoms with E-state index in [0.29, 0.717) is 6.04 Å². The van der Waals surface area contributed by atoms with Crippen LogP contribution >= 0.6 is 0 Å². The zero-order chi connectivity index (χ0) is 10.4. The number of pyridine rings is 1. The Morgan fingerprint density at radius 3 is 2.93 bits per heavy atom. The van der Waals surface area contributed by atoms with Gasteiger partial charge in [0.1, 0.15) is 5.82 Å². The summed E-state index contributed by atoms with van der Waals surface area (Å²) < 4.78 is 0. The lowest BCUT2D eigenvalue weighted by Gasteiger charge is -2.10. The van der Waals surface area contributed by atoms with Crippen molar-refractivity contribution in [2.24, 2.45) is 5.73 Å². The largest absolute Gasteiger partial charge is 0.370 e. The van der Waals surface area contributed by atoms with Crippen LogP contribution in [-0.4, -0.2) is 17.6 Å². The molecule has 1 aromatic rings. The molecular weight excluding hydrogens is 174 g/mol. The van der Waals surface area contributed by atoms with Crippen LogP contribution in [0.2, 0.25) is 0 Å².